The second-order valence-corrected chi connectivity index (χ2v) is 26.5. The number of carbonyl (C=O) groups excluding carboxylic acids is 4. The average Bonchev–Trinajstić information content (AvgIpc) is 0.756. The first-order valence-corrected chi connectivity index (χ1v) is 33.7. The van der Waals surface area contributed by atoms with E-state index < -0.39 is 340 Å². The van der Waals surface area contributed by atoms with E-state index in [1.807, 2.05) is 0 Å². The summed E-state index contributed by atoms with van der Waals surface area (Å²) in [4.78, 5) is 63.0. The smallest absolute Gasteiger partial charge is 0.364 e. The van der Waals surface area contributed by atoms with Crippen LogP contribution in [0.4, 0.5) is 0 Å². The van der Waals surface area contributed by atoms with Crippen molar-refractivity contribution < 1.29 is 218 Å². The second kappa shape index (κ2) is 39.5. The minimum Gasteiger partial charge on any atom is -0.477 e. The van der Waals surface area contributed by atoms with Crippen molar-refractivity contribution in [3.8, 4) is 0 Å². The van der Waals surface area contributed by atoms with Crippen molar-refractivity contribution in [2.45, 2.75) is 279 Å². The summed E-state index contributed by atoms with van der Waals surface area (Å²) in [6, 6.07) is -7.27. The van der Waals surface area contributed by atoms with Crippen LogP contribution in [0, 0.1) is 0 Å². The van der Waals surface area contributed by atoms with Gasteiger partial charge in [-0.05, 0) is 0 Å². The SMILES string of the molecule is CC(=O)N[C@H]1[C@H]([C@H](O)[C@H](O)CO)OC(O[C@H]2[C@@H](O)[C@@H](CO)OC(O[C@H]3[C@H](O)[C@@H](NC(C)=O)C(O[C@@H]4C(OC[C@H]5OC(O[C@H]6[C@H](O)[C@@H](NC(C)=O)C(O[C@@H]([C@H](O)[C@H](CO)NC(C)=O)[C@H](O)CO)O[C@@H]6CO)[C@@H](O)[C@@H](OC6O[C@H](CO)[C@@H](O)[C@H](O)[C@@H]6O)[C@@H]5O)O[C@H](CO)[C@@H](O)[C@@H]4O)O[C@@H]3CO)[C@@H]2O)(C(=O)O)C[C@@H]1O. The number of aliphatic hydroxyl groups excluding tert-OH is 24. The number of ether oxygens (including phenoxy) is 14. The first-order valence-electron chi connectivity index (χ1n) is 33.7. The van der Waals surface area contributed by atoms with Gasteiger partial charge in [-0.3, -0.25) is 19.2 Å². The monoisotopic (exact) mass is 1570 g/mol. The Bertz CT molecular complexity index is 2820. The maximum absolute atomic E-state index is 13.2. The van der Waals surface area contributed by atoms with Crippen LogP contribution < -0.4 is 21.3 Å². The Kier molecular flexibility index (Phi) is 33.3. The summed E-state index contributed by atoms with van der Waals surface area (Å²) < 4.78 is 81.9. The molecule has 29 N–H and O–H groups in total. The van der Waals surface area contributed by atoms with E-state index in [2.05, 4.69) is 21.3 Å². The lowest BCUT2D eigenvalue weighted by Crippen LogP contribution is -2.71. The van der Waals surface area contributed by atoms with Crippen molar-refractivity contribution in [2.24, 2.45) is 0 Å². The number of amides is 4. The van der Waals surface area contributed by atoms with Gasteiger partial charge in [-0.15, -0.1) is 0 Å². The lowest BCUT2D eigenvalue weighted by molar-refractivity contribution is -0.392. The van der Waals surface area contributed by atoms with E-state index in [9.17, 15) is 152 Å². The Balaban J connectivity index is 1.17. The van der Waals surface area contributed by atoms with Crippen LogP contribution >= 0.6 is 0 Å². The maximum Gasteiger partial charge on any atom is 0.364 e. The molecule has 0 aromatic rings. The zero-order chi connectivity index (χ0) is 79.7. The van der Waals surface area contributed by atoms with Gasteiger partial charge < -0.3 is 215 Å². The molecule has 48 nitrogen and oxygen atoms in total. The third kappa shape index (κ3) is 20.6. The molecule has 7 aliphatic heterocycles. The van der Waals surface area contributed by atoms with Crippen LogP contribution in [0.15, 0.2) is 0 Å². The fourth-order valence-corrected chi connectivity index (χ4v) is 13.3. The number of carbonyl (C=O) groups is 5. The molecule has 0 saturated carbocycles. The van der Waals surface area contributed by atoms with E-state index in [0.717, 1.165) is 27.7 Å². The molecule has 40 atom stereocenters. The van der Waals surface area contributed by atoms with Gasteiger partial charge in [0, 0.05) is 34.1 Å². The highest BCUT2D eigenvalue weighted by Crippen LogP contribution is 2.41. The van der Waals surface area contributed by atoms with Gasteiger partial charge in [-0.1, -0.05) is 0 Å². The second-order valence-electron chi connectivity index (χ2n) is 26.5. The maximum atomic E-state index is 13.2. The van der Waals surface area contributed by atoms with Crippen LogP contribution in [-0.4, -0.2) is 461 Å². The number of carboxylic acid groups (broad SMARTS) is 1. The zero-order valence-electron chi connectivity index (χ0n) is 57.5. The quantitative estimate of drug-likeness (QED) is 0.0290. The molecule has 7 fully saturated rings. The molecule has 7 rings (SSSR count). The van der Waals surface area contributed by atoms with Gasteiger partial charge >= 0.3 is 5.97 Å². The molecule has 7 heterocycles. The first kappa shape index (κ1) is 90.0. The number of nitrogens with one attached hydrogen (secondary N) is 4. The number of hydrogen-bond donors (Lipinski definition) is 29. The number of rotatable bonds is 33. The standard InChI is InChI=1S/C59H100N4O44/c1-15(72)60-19(6-64)32(79)45(22(78)8-66)101-52-30(62-17(3)74)38(85)46(26(12-70)98-52)102-55-43(90)49(104-54-42(89)40(87)34(81)23(9-67)95-54)37(84)28(100-55)14-94-57-51(41(88)35(82)24(10-68)97-57)105-53-31(63-18(4)75)39(86)47(27(13-71)99-53)103-56-44(91)50(36(83)25(11-69)96-56)107-59(58(92)93)5-20(76)29(61-16(2)73)48(106-59)33(80)21(77)7-65/h19-57,64-71,76-91H,5-14H2,1-4H3,(H,60,72)(H,61,73)(H,62,74)(H,63,75)(H,92,93)/t19-,20-,21+,22+,23+,24+,25+,26+,27+,28+,29+,30+,31+,32+,33+,34+,35+,36-,37+,38+,39+,40-,41-,42-,43-,44+,45+,46+,47+,48+,49-,50-,51-,52?,53?,54?,55?,56?,57?,59?/m0/s1. The van der Waals surface area contributed by atoms with Crippen molar-refractivity contribution in [3.63, 3.8) is 0 Å². The molecule has 7 unspecified atom stereocenters. The Morgan fingerprint density at radius 3 is 1.33 bits per heavy atom. The van der Waals surface area contributed by atoms with Crippen LogP contribution in [0.25, 0.3) is 0 Å². The number of aliphatic hydroxyl groups is 24. The van der Waals surface area contributed by atoms with Gasteiger partial charge in [0.1, 0.15) is 183 Å². The fraction of sp³-hybridized carbons (Fsp3) is 0.915. The van der Waals surface area contributed by atoms with Gasteiger partial charge in [0.25, 0.3) is 5.79 Å². The number of hydrogen-bond acceptors (Lipinski definition) is 43. The molecule has 620 valence electrons. The summed E-state index contributed by atoms with van der Waals surface area (Å²) in [5, 5.41) is 283. The lowest BCUT2D eigenvalue weighted by atomic mass is 9.88. The van der Waals surface area contributed by atoms with Gasteiger partial charge in [0.05, 0.1) is 77.6 Å². The molecule has 48 heteroatoms. The van der Waals surface area contributed by atoms with Crippen molar-refractivity contribution in [1.82, 2.24) is 21.3 Å². The van der Waals surface area contributed by atoms with Crippen LogP contribution in [0.3, 0.4) is 0 Å². The van der Waals surface area contributed by atoms with Gasteiger partial charge in [0.15, 0.2) is 37.7 Å². The Labute approximate surface area is 605 Å². The third-order valence-corrected chi connectivity index (χ3v) is 18.9. The van der Waals surface area contributed by atoms with Crippen LogP contribution in [0.2, 0.25) is 0 Å². The van der Waals surface area contributed by atoms with Crippen molar-refractivity contribution in [1.29, 1.82) is 0 Å². The van der Waals surface area contributed by atoms with E-state index in [0.29, 0.717) is 0 Å². The number of carboxylic acids is 1. The topological polar surface area (TPSA) is 768 Å². The molecule has 4 amide bonds. The summed E-state index contributed by atoms with van der Waals surface area (Å²) in [6.07, 6.45) is -76.9. The highest BCUT2D eigenvalue weighted by atomic mass is 16.8. The summed E-state index contributed by atoms with van der Waals surface area (Å²) in [5.74, 6) is -9.01. The van der Waals surface area contributed by atoms with Crippen LogP contribution in [0.1, 0.15) is 34.1 Å². The van der Waals surface area contributed by atoms with Crippen molar-refractivity contribution in [3.05, 3.63) is 0 Å². The summed E-state index contributed by atoms with van der Waals surface area (Å²) in [5.41, 5.74) is 0. The molecule has 7 aliphatic rings. The molecule has 0 radical (unpaired) electrons. The largest absolute Gasteiger partial charge is 0.477 e. The first-order chi connectivity index (χ1) is 50.4. The molecular formula is C59H100N4O44. The molecule has 0 spiro atoms. The molecular weight excluding hydrogens is 1470 g/mol. The molecule has 0 bridgehead atoms. The van der Waals surface area contributed by atoms with Crippen molar-refractivity contribution in [2.75, 3.05) is 59.5 Å². The highest BCUT2D eigenvalue weighted by molar-refractivity contribution is 5.77. The minimum atomic E-state index is -3.27. The van der Waals surface area contributed by atoms with E-state index in [1.165, 1.54) is 0 Å². The minimum absolute atomic E-state index is 0.791. The number of aliphatic carboxylic acids is 1. The van der Waals surface area contributed by atoms with E-state index in [4.69, 9.17) is 66.3 Å². The average molecular weight is 1570 g/mol. The fourth-order valence-electron chi connectivity index (χ4n) is 13.3. The van der Waals surface area contributed by atoms with Gasteiger partial charge in [0.2, 0.25) is 23.6 Å². The molecule has 0 aromatic carbocycles. The predicted octanol–water partition coefficient (Wildman–Crippen LogP) is -19.0. The van der Waals surface area contributed by atoms with Crippen LogP contribution in [0.5, 0.6) is 0 Å². The Morgan fingerprint density at radius 2 is 0.841 bits per heavy atom. The normalized spacial score (nSPS) is 43.8. The molecule has 0 aliphatic carbocycles. The van der Waals surface area contributed by atoms with E-state index >= 15 is 0 Å². The third-order valence-electron chi connectivity index (χ3n) is 18.9. The molecule has 0 aromatic heterocycles. The highest BCUT2D eigenvalue weighted by Gasteiger charge is 2.62. The summed E-state index contributed by atoms with van der Waals surface area (Å²) in [6.45, 7) is -6.48. The van der Waals surface area contributed by atoms with E-state index in [1.54, 1.807) is 0 Å². The van der Waals surface area contributed by atoms with Crippen LogP contribution in [-0.2, 0) is 90.3 Å². The zero-order valence-corrected chi connectivity index (χ0v) is 57.5. The van der Waals surface area contributed by atoms with Gasteiger partial charge in [-0.2, -0.15) is 0 Å². The lowest BCUT2D eigenvalue weighted by Gasteiger charge is -2.51. The Morgan fingerprint density at radius 1 is 0.421 bits per heavy atom. The summed E-state index contributed by atoms with van der Waals surface area (Å²) >= 11 is 0. The Hall–Kier alpha value is -4.17. The molecule has 107 heavy (non-hydrogen) atoms. The van der Waals surface area contributed by atoms with Crippen molar-refractivity contribution >= 4 is 29.6 Å². The van der Waals surface area contributed by atoms with E-state index in [-0.39, 0.29) is 0 Å². The van der Waals surface area contributed by atoms with Gasteiger partial charge in [-0.25, -0.2) is 4.79 Å². The predicted molar refractivity (Wildman–Crippen MR) is 330 cm³/mol. The summed E-state index contributed by atoms with van der Waals surface area (Å²) in [7, 11) is 0. The molecule has 7 saturated heterocycles.